The number of nitrogens with zero attached hydrogens (tertiary/aromatic N) is 5. The monoisotopic (exact) mass is 445 g/mol. The van der Waals surface area contributed by atoms with Crippen molar-refractivity contribution in [3.63, 3.8) is 0 Å². The predicted octanol–water partition coefficient (Wildman–Crippen LogP) is 5.42. The van der Waals surface area contributed by atoms with E-state index in [1.54, 1.807) is 4.52 Å². The zero-order valence-corrected chi connectivity index (χ0v) is 18.5. The zero-order chi connectivity index (χ0) is 22.6. The number of hydrogen-bond donors (Lipinski definition) is 0. The SMILES string of the molecule is Cc1nc(N2CCC3(CC2)Cc2cccnc2C3)c2c(C(F)F)cnn2c1-c1ccccc1. The highest BCUT2D eigenvalue weighted by Gasteiger charge is 2.41. The number of halogens is 2. The summed E-state index contributed by atoms with van der Waals surface area (Å²) in [6.45, 7) is 3.50. The van der Waals surface area contributed by atoms with E-state index < -0.39 is 6.43 Å². The number of aryl methyl sites for hydroxylation is 1. The van der Waals surface area contributed by atoms with Crippen LogP contribution in [-0.4, -0.2) is 32.7 Å². The predicted molar refractivity (Wildman–Crippen MR) is 124 cm³/mol. The third-order valence-corrected chi connectivity index (χ3v) is 7.34. The Balaban J connectivity index is 1.38. The lowest BCUT2D eigenvalue weighted by molar-refractivity contribution is 0.153. The van der Waals surface area contributed by atoms with Gasteiger partial charge in [0.05, 0.1) is 23.1 Å². The van der Waals surface area contributed by atoms with Crippen LogP contribution in [0.15, 0.2) is 54.9 Å². The van der Waals surface area contributed by atoms with Crippen LogP contribution in [0.2, 0.25) is 0 Å². The van der Waals surface area contributed by atoms with E-state index in [1.807, 2.05) is 49.5 Å². The Morgan fingerprint density at radius 1 is 1.00 bits per heavy atom. The normalized spacial score (nSPS) is 17.3. The summed E-state index contributed by atoms with van der Waals surface area (Å²) in [5, 5.41) is 4.39. The second kappa shape index (κ2) is 7.61. The number of piperidine rings is 1. The molecule has 4 aromatic rings. The maximum absolute atomic E-state index is 14.0. The Morgan fingerprint density at radius 2 is 1.79 bits per heavy atom. The van der Waals surface area contributed by atoms with Crippen LogP contribution in [-0.2, 0) is 12.8 Å². The van der Waals surface area contributed by atoms with Gasteiger partial charge in [-0.2, -0.15) is 5.10 Å². The minimum atomic E-state index is -2.61. The van der Waals surface area contributed by atoms with Crippen LogP contribution in [0.25, 0.3) is 16.8 Å². The highest BCUT2D eigenvalue weighted by atomic mass is 19.3. The largest absolute Gasteiger partial charge is 0.355 e. The lowest BCUT2D eigenvalue weighted by Crippen LogP contribution is -2.41. The van der Waals surface area contributed by atoms with Gasteiger partial charge in [-0.25, -0.2) is 18.3 Å². The molecule has 1 saturated heterocycles. The van der Waals surface area contributed by atoms with E-state index in [0.717, 1.165) is 55.7 Å². The third kappa shape index (κ3) is 3.29. The van der Waals surface area contributed by atoms with Crippen LogP contribution in [0.5, 0.6) is 0 Å². The highest BCUT2D eigenvalue weighted by Crippen LogP contribution is 2.45. The van der Waals surface area contributed by atoms with Crippen LogP contribution in [0, 0.1) is 12.3 Å². The van der Waals surface area contributed by atoms with Crippen molar-refractivity contribution >= 4 is 11.3 Å². The number of anilines is 1. The first-order valence-electron chi connectivity index (χ1n) is 11.4. The van der Waals surface area contributed by atoms with Gasteiger partial charge in [-0.15, -0.1) is 0 Å². The molecule has 0 amide bonds. The maximum atomic E-state index is 14.0. The minimum Gasteiger partial charge on any atom is -0.355 e. The second-order valence-corrected chi connectivity index (χ2v) is 9.35. The average molecular weight is 446 g/mol. The Bertz CT molecular complexity index is 1300. The summed E-state index contributed by atoms with van der Waals surface area (Å²) in [4.78, 5) is 11.6. The van der Waals surface area contributed by atoms with Crippen molar-refractivity contribution in [2.75, 3.05) is 18.0 Å². The number of pyridine rings is 1. The lowest BCUT2D eigenvalue weighted by atomic mass is 9.76. The molecule has 1 spiro atoms. The van der Waals surface area contributed by atoms with Gasteiger partial charge in [-0.05, 0) is 49.7 Å². The van der Waals surface area contributed by atoms with E-state index in [1.165, 1.54) is 17.5 Å². The standard InChI is InChI=1S/C26H25F2N5/c1-17-22(18-6-3-2-4-7-18)33-23(20(16-30-33)24(27)28)25(31-17)32-12-9-26(10-13-32)14-19-8-5-11-29-21(19)15-26/h2-8,11,16,24H,9-10,12-15H2,1H3. The van der Waals surface area contributed by atoms with Gasteiger partial charge in [0.25, 0.3) is 6.43 Å². The second-order valence-electron chi connectivity index (χ2n) is 9.35. The molecule has 0 radical (unpaired) electrons. The topological polar surface area (TPSA) is 46.3 Å². The molecule has 1 fully saturated rings. The zero-order valence-electron chi connectivity index (χ0n) is 18.5. The van der Waals surface area contributed by atoms with Gasteiger partial charge >= 0.3 is 0 Å². The Hall–Kier alpha value is -3.35. The van der Waals surface area contributed by atoms with Crippen LogP contribution in [0.4, 0.5) is 14.6 Å². The quantitative estimate of drug-likeness (QED) is 0.422. The number of aromatic nitrogens is 4. The molecule has 0 N–H and O–H groups in total. The summed E-state index contributed by atoms with van der Waals surface area (Å²) in [5.41, 5.74) is 5.59. The summed E-state index contributed by atoms with van der Waals surface area (Å²) in [6.07, 6.45) is 4.59. The molecular weight excluding hydrogens is 420 g/mol. The van der Waals surface area contributed by atoms with Crippen molar-refractivity contribution in [3.8, 4) is 11.3 Å². The van der Waals surface area contributed by atoms with Crippen LogP contribution in [0.3, 0.4) is 0 Å². The summed E-state index contributed by atoms with van der Waals surface area (Å²) in [6, 6.07) is 13.9. The van der Waals surface area contributed by atoms with E-state index in [4.69, 9.17) is 4.98 Å². The Morgan fingerprint density at radius 3 is 2.52 bits per heavy atom. The van der Waals surface area contributed by atoms with Gasteiger partial charge in [0.15, 0.2) is 5.82 Å². The highest BCUT2D eigenvalue weighted by molar-refractivity contribution is 5.78. The van der Waals surface area contributed by atoms with Crippen molar-refractivity contribution < 1.29 is 8.78 Å². The fourth-order valence-corrected chi connectivity index (χ4v) is 5.64. The van der Waals surface area contributed by atoms with Gasteiger partial charge in [0.2, 0.25) is 0 Å². The van der Waals surface area contributed by atoms with E-state index in [0.29, 0.717) is 11.3 Å². The summed E-state index contributed by atoms with van der Waals surface area (Å²) < 4.78 is 29.7. The van der Waals surface area contributed by atoms with Gasteiger partial charge in [-0.1, -0.05) is 36.4 Å². The molecule has 0 saturated carbocycles. The molecule has 33 heavy (non-hydrogen) atoms. The molecule has 4 heterocycles. The molecule has 1 aromatic carbocycles. The molecule has 0 atom stereocenters. The van der Waals surface area contributed by atoms with Gasteiger partial charge < -0.3 is 4.90 Å². The molecule has 0 bridgehead atoms. The van der Waals surface area contributed by atoms with Crippen molar-refractivity contribution in [1.29, 1.82) is 0 Å². The number of hydrogen-bond acceptors (Lipinski definition) is 4. The Labute approximate surface area is 191 Å². The Kier molecular flexibility index (Phi) is 4.67. The third-order valence-electron chi connectivity index (χ3n) is 7.34. The molecule has 3 aromatic heterocycles. The first-order valence-corrected chi connectivity index (χ1v) is 11.4. The number of alkyl halides is 2. The van der Waals surface area contributed by atoms with Crippen molar-refractivity contribution in [2.24, 2.45) is 5.41 Å². The molecule has 1 aliphatic carbocycles. The fraction of sp³-hybridized carbons (Fsp3) is 0.346. The molecule has 168 valence electrons. The summed E-state index contributed by atoms with van der Waals surface area (Å²) >= 11 is 0. The van der Waals surface area contributed by atoms with E-state index in [9.17, 15) is 8.78 Å². The fourth-order valence-electron chi connectivity index (χ4n) is 5.64. The van der Waals surface area contributed by atoms with Gasteiger partial charge in [0.1, 0.15) is 5.52 Å². The lowest BCUT2D eigenvalue weighted by Gasteiger charge is -2.40. The molecule has 1 aliphatic heterocycles. The van der Waals surface area contributed by atoms with Crippen LogP contribution >= 0.6 is 0 Å². The first kappa shape index (κ1) is 20.3. The van der Waals surface area contributed by atoms with Crippen molar-refractivity contribution in [1.82, 2.24) is 19.6 Å². The summed E-state index contributed by atoms with van der Waals surface area (Å²) in [5.74, 6) is 0.614. The first-order chi connectivity index (χ1) is 16.0. The molecule has 2 aliphatic rings. The van der Waals surface area contributed by atoms with E-state index in [-0.39, 0.29) is 11.0 Å². The number of rotatable bonds is 3. The molecule has 0 unspecified atom stereocenters. The van der Waals surface area contributed by atoms with Crippen molar-refractivity contribution in [3.05, 3.63) is 77.4 Å². The summed E-state index contributed by atoms with van der Waals surface area (Å²) in [7, 11) is 0. The smallest absolute Gasteiger partial charge is 0.267 e. The number of fused-ring (bicyclic) bond motifs is 2. The minimum absolute atomic E-state index is 0.0626. The molecular formula is C26H25F2N5. The molecule has 6 rings (SSSR count). The van der Waals surface area contributed by atoms with Crippen molar-refractivity contribution in [2.45, 2.75) is 39.0 Å². The molecule has 5 nitrogen and oxygen atoms in total. The number of benzene rings is 1. The van der Waals surface area contributed by atoms with E-state index in [2.05, 4.69) is 21.0 Å². The van der Waals surface area contributed by atoms with Crippen LogP contribution in [0.1, 0.15) is 41.8 Å². The van der Waals surface area contributed by atoms with Crippen LogP contribution < -0.4 is 4.90 Å². The van der Waals surface area contributed by atoms with E-state index >= 15 is 0 Å². The van der Waals surface area contributed by atoms with Gasteiger partial charge in [-0.3, -0.25) is 4.98 Å². The molecule has 7 heteroatoms. The maximum Gasteiger partial charge on any atom is 0.267 e. The van der Waals surface area contributed by atoms with Gasteiger partial charge in [0, 0.05) is 30.5 Å². The average Bonchev–Trinajstić information content (AvgIpc) is 3.41.